The number of hydrogen-bond donors (Lipinski definition) is 0. The minimum absolute atomic E-state index is 0.180. The van der Waals surface area contributed by atoms with Gasteiger partial charge in [0.1, 0.15) is 5.75 Å². The third-order valence-electron chi connectivity index (χ3n) is 2.78. The van der Waals surface area contributed by atoms with E-state index >= 15 is 0 Å². The Kier molecular flexibility index (Phi) is 3.92. The van der Waals surface area contributed by atoms with Crippen molar-refractivity contribution >= 4 is 0 Å². The third kappa shape index (κ3) is 3.06. The fourth-order valence-corrected chi connectivity index (χ4v) is 1.76. The number of ether oxygens (including phenoxy) is 1. The number of halogens is 2. The molecule has 0 heterocycles. The zero-order chi connectivity index (χ0) is 13.0. The minimum atomic E-state index is -2.78. The van der Waals surface area contributed by atoms with Gasteiger partial charge in [-0.1, -0.05) is 43.3 Å². The van der Waals surface area contributed by atoms with E-state index in [1.165, 1.54) is 5.56 Å². The van der Waals surface area contributed by atoms with E-state index < -0.39 is 6.61 Å². The van der Waals surface area contributed by atoms with Crippen LogP contribution in [0.3, 0.4) is 0 Å². The predicted molar refractivity (Wildman–Crippen MR) is 67.9 cm³/mol. The standard InChI is InChI=1S/C15H14F2O/c1-2-11-3-5-12(6-4-11)13-7-9-14(10-8-13)18-15(16)17/h3-10,15H,2H2,1H3. The maximum atomic E-state index is 12.0. The molecule has 0 saturated heterocycles. The van der Waals surface area contributed by atoms with Crippen molar-refractivity contribution in [3.05, 3.63) is 54.1 Å². The molecule has 0 bridgehead atoms. The summed E-state index contributed by atoms with van der Waals surface area (Å²) in [6.07, 6.45) is 1.00. The summed E-state index contributed by atoms with van der Waals surface area (Å²) in [6.45, 7) is -0.675. The molecule has 1 nitrogen and oxygen atoms in total. The Morgan fingerprint density at radius 3 is 1.83 bits per heavy atom. The fourth-order valence-electron chi connectivity index (χ4n) is 1.76. The molecule has 3 heteroatoms. The Morgan fingerprint density at radius 1 is 0.889 bits per heavy atom. The van der Waals surface area contributed by atoms with Crippen LogP contribution in [0.2, 0.25) is 0 Å². The lowest BCUT2D eigenvalue weighted by atomic mass is 10.0. The Labute approximate surface area is 105 Å². The number of hydrogen-bond acceptors (Lipinski definition) is 1. The molecule has 0 radical (unpaired) electrons. The highest BCUT2D eigenvalue weighted by Gasteiger charge is 2.04. The maximum absolute atomic E-state index is 12.0. The minimum Gasteiger partial charge on any atom is -0.435 e. The first-order chi connectivity index (χ1) is 8.69. The monoisotopic (exact) mass is 248 g/mol. The van der Waals surface area contributed by atoms with Crippen LogP contribution in [0.25, 0.3) is 11.1 Å². The molecule has 0 aliphatic rings. The van der Waals surface area contributed by atoms with Gasteiger partial charge < -0.3 is 4.74 Å². The first kappa shape index (κ1) is 12.6. The van der Waals surface area contributed by atoms with Crippen LogP contribution in [0, 0.1) is 0 Å². The van der Waals surface area contributed by atoms with Crippen LogP contribution in [0.15, 0.2) is 48.5 Å². The Balaban J connectivity index is 2.17. The number of benzene rings is 2. The molecule has 0 spiro atoms. The quantitative estimate of drug-likeness (QED) is 0.773. The SMILES string of the molecule is CCc1ccc(-c2ccc(OC(F)F)cc2)cc1. The van der Waals surface area contributed by atoms with Gasteiger partial charge in [0.05, 0.1) is 0 Å². The van der Waals surface area contributed by atoms with Crippen LogP contribution in [0.5, 0.6) is 5.75 Å². The van der Waals surface area contributed by atoms with Crippen molar-refractivity contribution in [2.24, 2.45) is 0 Å². The lowest BCUT2D eigenvalue weighted by molar-refractivity contribution is -0.0498. The maximum Gasteiger partial charge on any atom is 0.387 e. The highest BCUT2D eigenvalue weighted by Crippen LogP contribution is 2.23. The highest BCUT2D eigenvalue weighted by atomic mass is 19.3. The molecular weight excluding hydrogens is 234 g/mol. The normalized spacial score (nSPS) is 10.7. The Morgan fingerprint density at radius 2 is 1.39 bits per heavy atom. The van der Waals surface area contributed by atoms with Crippen LogP contribution in [-0.4, -0.2) is 6.61 Å². The van der Waals surface area contributed by atoms with Gasteiger partial charge in [0.15, 0.2) is 0 Å². The Hall–Kier alpha value is -1.90. The van der Waals surface area contributed by atoms with Crippen LogP contribution in [0.4, 0.5) is 8.78 Å². The van der Waals surface area contributed by atoms with Gasteiger partial charge in [-0.25, -0.2) is 0 Å². The number of rotatable bonds is 4. The summed E-state index contributed by atoms with van der Waals surface area (Å²) in [5.41, 5.74) is 3.33. The van der Waals surface area contributed by atoms with E-state index in [0.29, 0.717) is 0 Å². The van der Waals surface area contributed by atoms with E-state index in [1.807, 2.05) is 12.1 Å². The van der Waals surface area contributed by atoms with Crippen LogP contribution >= 0.6 is 0 Å². The van der Waals surface area contributed by atoms with E-state index in [4.69, 9.17) is 0 Å². The Bertz CT molecular complexity index is 489. The van der Waals surface area contributed by atoms with Crippen molar-refractivity contribution in [3.63, 3.8) is 0 Å². The van der Waals surface area contributed by atoms with Crippen molar-refractivity contribution in [3.8, 4) is 16.9 Å². The summed E-state index contributed by atoms with van der Waals surface area (Å²) in [5, 5.41) is 0. The summed E-state index contributed by atoms with van der Waals surface area (Å²) in [5.74, 6) is 0.180. The zero-order valence-electron chi connectivity index (χ0n) is 10.1. The van der Waals surface area contributed by atoms with Gasteiger partial charge >= 0.3 is 6.61 Å². The average Bonchev–Trinajstić information content (AvgIpc) is 2.39. The lowest BCUT2D eigenvalue weighted by Gasteiger charge is -2.06. The van der Waals surface area contributed by atoms with Gasteiger partial charge in [0.2, 0.25) is 0 Å². The number of alkyl halides is 2. The molecule has 2 aromatic carbocycles. The molecule has 0 amide bonds. The molecule has 18 heavy (non-hydrogen) atoms. The van der Waals surface area contributed by atoms with E-state index in [0.717, 1.165) is 17.5 Å². The topological polar surface area (TPSA) is 9.23 Å². The van der Waals surface area contributed by atoms with E-state index in [1.54, 1.807) is 24.3 Å². The predicted octanol–water partition coefficient (Wildman–Crippen LogP) is 4.52. The molecule has 94 valence electrons. The third-order valence-corrected chi connectivity index (χ3v) is 2.78. The lowest BCUT2D eigenvalue weighted by Crippen LogP contribution is -2.01. The van der Waals surface area contributed by atoms with Crippen LogP contribution in [-0.2, 0) is 6.42 Å². The molecule has 2 rings (SSSR count). The molecule has 0 N–H and O–H groups in total. The molecule has 0 saturated carbocycles. The van der Waals surface area contributed by atoms with Crippen molar-refractivity contribution < 1.29 is 13.5 Å². The molecule has 0 aromatic heterocycles. The van der Waals surface area contributed by atoms with Gasteiger partial charge in [-0.2, -0.15) is 8.78 Å². The summed E-state index contributed by atoms with van der Waals surface area (Å²) in [6, 6.07) is 14.9. The van der Waals surface area contributed by atoms with Gasteiger partial charge in [0, 0.05) is 0 Å². The average molecular weight is 248 g/mol. The molecule has 2 aromatic rings. The van der Waals surface area contributed by atoms with Crippen molar-refractivity contribution in [2.75, 3.05) is 0 Å². The summed E-state index contributed by atoms with van der Waals surface area (Å²) < 4.78 is 28.3. The highest BCUT2D eigenvalue weighted by molar-refractivity contribution is 5.64. The van der Waals surface area contributed by atoms with Crippen LogP contribution in [0.1, 0.15) is 12.5 Å². The summed E-state index contributed by atoms with van der Waals surface area (Å²) >= 11 is 0. The van der Waals surface area contributed by atoms with Crippen molar-refractivity contribution in [1.82, 2.24) is 0 Å². The van der Waals surface area contributed by atoms with Gasteiger partial charge in [-0.15, -0.1) is 0 Å². The summed E-state index contributed by atoms with van der Waals surface area (Å²) in [4.78, 5) is 0. The van der Waals surface area contributed by atoms with Crippen molar-refractivity contribution in [1.29, 1.82) is 0 Å². The van der Waals surface area contributed by atoms with E-state index in [2.05, 4.69) is 23.8 Å². The first-order valence-electron chi connectivity index (χ1n) is 5.83. The second-order valence-electron chi connectivity index (χ2n) is 3.95. The molecule has 0 aliphatic carbocycles. The van der Waals surface area contributed by atoms with E-state index in [-0.39, 0.29) is 5.75 Å². The van der Waals surface area contributed by atoms with Crippen molar-refractivity contribution in [2.45, 2.75) is 20.0 Å². The van der Waals surface area contributed by atoms with Gasteiger partial charge in [-0.3, -0.25) is 0 Å². The molecular formula is C15H14F2O. The first-order valence-corrected chi connectivity index (χ1v) is 5.83. The molecule has 0 aliphatic heterocycles. The molecule has 0 unspecified atom stereocenters. The second-order valence-corrected chi connectivity index (χ2v) is 3.95. The molecule has 0 fully saturated rings. The fraction of sp³-hybridized carbons (Fsp3) is 0.200. The van der Waals surface area contributed by atoms with E-state index in [9.17, 15) is 8.78 Å². The van der Waals surface area contributed by atoms with Gasteiger partial charge in [0.25, 0.3) is 0 Å². The smallest absolute Gasteiger partial charge is 0.387 e. The van der Waals surface area contributed by atoms with Gasteiger partial charge in [-0.05, 0) is 35.2 Å². The summed E-state index contributed by atoms with van der Waals surface area (Å²) in [7, 11) is 0. The second kappa shape index (κ2) is 5.63. The number of aryl methyl sites for hydroxylation is 1. The zero-order valence-corrected chi connectivity index (χ0v) is 10.1. The van der Waals surface area contributed by atoms with Crippen LogP contribution < -0.4 is 4.74 Å². The largest absolute Gasteiger partial charge is 0.435 e. The molecule has 0 atom stereocenters.